The molecule has 1 aromatic carbocycles. The summed E-state index contributed by atoms with van der Waals surface area (Å²) in [4.78, 5) is 15.0. The van der Waals surface area contributed by atoms with Gasteiger partial charge in [-0.2, -0.15) is 0 Å². The van der Waals surface area contributed by atoms with Crippen molar-refractivity contribution in [2.75, 3.05) is 13.2 Å². The maximum Gasteiger partial charge on any atom is 0.320 e. The second kappa shape index (κ2) is 8.21. The monoisotopic (exact) mass is 379 g/mol. The van der Waals surface area contributed by atoms with Crippen LogP contribution >= 0.6 is 22.9 Å². The van der Waals surface area contributed by atoms with Gasteiger partial charge in [-0.15, -0.1) is 11.3 Å². The molecule has 2 heterocycles. The Morgan fingerprint density at radius 2 is 2.28 bits per heavy atom. The maximum atomic E-state index is 11.9. The van der Waals surface area contributed by atoms with Gasteiger partial charge in [0.2, 0.25) is 0 Å². The van der Waals surface area contributed by atoms with Crippen LogP contribution in [0.3, 0.4) is 0 Å². The van der Waals surface area contributed by atoms with E-state index >= 15 is 0 Å². The second-order valence-corrected chi connectivity index (χ2v) is 7.54. The van der Waals surface area contributed by atoms with Gasteiger partial charge in [-0.1, -0.05) is 24.1 Å². The van der Waals surface area contributed by atoms with Gasteiger partial charge in [-0.3, -0.25) is 9.69 Å². The number of piperidine rings is 1. The van der Waals surface area contributed by atoms with E-state index in [1.54, 1.807) is 11.3 Å². The zero-order chi connectivity index (χ0) is 17.8. The van der Waals surface area contributed by atoms with Gasteiger partial charge in [-0.05, 0) is 56.0 Å². The molecule has 25 heavy (non-hydrogen) atoms. The summed E-state index contributed by atoms with van der Waals surface area (Å²) < 4.78 is 5.83. The molecule has 1 aliphatic rings. The summed E-state index contributed by atoms with van der Waals surface area (Å²) >= 11 is 7.91. The van der Waals surface area contributed by atoms with E-state index in [2.05, 4.69) is 11.0 Å². The number of ether oxygens (including phenoxy) is 1. The average molecular weight is 380 g/mol. The minimum atomic E-state index is -0.763. The van der Waals surface area contributed by atoms with E-state index < -0.39 is 12.0 Å². The number of hydrogen-bond donors (Lipinski definition) is 1. The third-order valence-corrected chi connectivity index (χ3v) is 5.70. The Kier molecular flexibility index (Phi) is 5.99. The summed E-state index contributed by atoms with van der Waals surface area (Å²) in [7, 11) is 0. The lowest BCUT2D eigenvalue weighted by molar-refractivity contribution is -0.145. The van der Waals surface area contributed by atoms with Gasteiger partial charge in [0.25, 0.3) is 0 Å². The first-order valence-electron chi connectivity index (χ1n) is 8.56. The predicted octanol–water partition coefficient (Wildman–Crippen LogP) is 4.83. The number of thiophene rings is 1. The third kappa shape index (κ3) is 4.00. The molecule has 134 valence electrons. The van der Waals surface area contributed by atoms with Gasteiger partial charge in [0.1, 0.15) is 11.8 Å². The summed E-state index contributed by atoms with van der Waals surface area (Å²) in [6, 6.07) is 8.99. The lowest BCUT2D eigenvalue weighted by Crippen LogP contribution is -2.46. The number of carbonyl (C=O) groups is 1. The number of rotatable bonds is 6. The van der Waals surface area contributed by atoms with Crippen molar-refractivity contribution in [1.29, 1.82) is 0 Å². The van der Waals surface area contributed by atoms with Crippen LogP contribution in [0.4, 0.5) is 0 Å². The summed E-state index contributed by atoms with van der Waals surface area (Å²) in [6.07, 6.45) is 2.61. The summed E-state index contributed by atoms with van der Waals surface area (Å²) in [6.45, 7) is 3.24. The number of carboxylic acid groups (broad SMARTS) is 1. The zero-order valence-corrected chi connectivity index (χ0v) is 15.7. The number of hydrogen-bond acceptors (Lipinski definition) is 4. The number of likely N-dealkylation sites (tertiary alicyclic amines) is 1. The van der Waals surface area contributed by atoms with Crippen LogP contribution in [0.2, 0.25) is 5.02 Å². The van der Waals surface area contributed by atoms with Crippen LogP contribution in [0, 0.1) is 0 Å². The lowest BCUT2D eigenvalue weighted by Gasteiger charge is -2.39. The van der Waals surface area contributed by atoms with Crippen molar-refractivity contribution >= 4 is 28.9 Å². The van der Waals surface area contributed by atoms with Crippen LogP contribution in [-0.2, 0) is 4.79 Å². The predicted molar refractivity (Wildman–Crippen MR) is 101 cm³/mol. The zero-order valence-electron chi connectivity index (χ0n) is 14.2. The van der Waals surface area contributed by atoms with E-state index in [0.29, 0.717) is 18.1 Å². The number of halogens is 1. The topological polar surface area (TPSA) is 49.8 Å². The fourth-order valence-electron chi connectivity index (χ4n) is 3.49. The first-order chi connectivity index (χ1) is 12.1. The molecule has 2 atom stereocenters. The highest BCUT2D eigenvalue weighted by Gasteiger charge is 2.36. The molecule has 1 aliphatic heterocycles. The molecule has 0 radical (unpaired) electrons. The van der Waals surface area contributed by atoms with Gasteiger partial charge in [0, 0.05) is 15.5 Å². The molecule has 0 saturated carbocycles. The fraction of sp³-hybridized carbons (Fsp3) is 0.421. The Bertz CT molecular complexity index is 719. The van der Waals surface area contributed by atoms with Crippen molar-refractivity contribution in [2.24, 2.45) is 0 Å². The van der Waals surface area contributed by atoms with Crippen LogP contribution in [0.1, 0.15) is 42.7 Å². The highest BCUT2D eigenvalue weighted by Crippen LogP contribution is 2.41. The first-order valence-corrected chi connectivity index (χ1v) is 9.81. The number of aliphatic carboxylic acids is 1. The largest absolute Gasteiger partial charge is 0.494 e. The molecule has 2 unspecified atom stereocenters. The van der Waals surface area contributed by atoms with Gasteiger partial charge in [0.15, 0.2) is 0 Å². The third-order valence-electron chi connectivity index (χ3n) is 4.54. The van der Waals surface area contributed by atoms with E-state index in [1.165, 1.54) is 0 Å². The van der Waals surface area contributed by atoms with Crippen molar-refractivity contribution in [3.05, 3.63) is 51.2 Å². The molecule has 0 aliphatic carbocycles. The van der Waals surface area contributed by atoms with Gasteiger partial charge >= 0.3 is 5.97 Å². The summed E-state index contributed by atoms with van der Waals surface area (Å²) in [5, 5.41) is 12.4. The van der Waals surface area contributed by atoms with Crippen molar-refractivity contribution in [1.82, 2.24) is 4.90 Å². The molecule has 1 N–H and O–H groups in total. The van der Waals surface area contributed by atoms with E-state index in [0.717, 1.165) is 35.6 Å². The molecule has 1 fully saturated rings. The van der Waals surface area contributed by atoms with Crippen LogP contribution in [0.5, 0.6) is 5.75 Å². The molecular formula is C19H22ClNO3S. The maximum absolute atomic E-state index is 11.9. The molecule has 0 bridgehead atoms. The Morgan fingerprint density at radius 1 is 1.44 bits per heavy atom. The van der Waals surface area contributed by atoms with Crippen molar-refractivity contribution < 1.29 is 14.6 Å². The lowest BCUT2D eigenvalue weighted by atomic mass is 9.94. The van der Waals surface area contributed by atoms with E-state index in [9.17, 15) is 9.90 Å². The van der Waals surface area contributed by atoms with Gasteiger partial charge in [-0.25, -0.2) is 0 Å². The van der Waals surface area contributed by atoms with Crippen LogP contribution in [-0.4, -0.2) is 35.2 Å². The molecular weight excluding hydrogens is 358 g/mol. The molecule has 4 nitrogen and oxygen atoms in total. The van der Waals surface area contributed by atoms with Crippen molar-refractivity contribution in [3.63, 3.8) is 0 Å². The van der Waals surface area contributed by atoms with Crippen LogP contribution in [0.25, 0.3) is 0 Å². The SMILES string of the molecule is CCOc1ccc(Cl)cc1C(c1cccs1)N1CCCCC1C(=O)O. The highest BCUT2D eigenvalue weighted by atomic mass is 35.5. The van der Waals surface area contributed by atoms with Crippen molar-refractivity contribution in [3.8, 4) is 5.75 Å². The molecule has 0 amide bonds. The minimum Gasteiger partial charge on any atom is -0.494 e. The second-order valence-electron chi connectivity index (χ2n) is 6.12. The highest BCUT2D eigenvalue weighted by molar-refractivity contribution is 7.10. The molecule has 1 saturated heterocycles. The quantitative estimate of drug-likeness (QED) is 0.781. The van der Waals surface area contributed by atoms with Gasteiger partial charge in [0.05, 0.1) is 12.6 Å². The standard InChI is InChI=1S/C19H22ClNO3S/c1-2-24-16-9-8-13(20)12-14(16)18(17-7-5-11-25-17)21-10-4-3-6-15(21)19(22)23/h5,7-9,11-12,15,18H,2-4,6,10H2,1H3,(H,22,23). The smallest absolute Gasteiger partial charge is 0.320 e. The van der Waals surface area contributed by atoms with E-state index in [-0.39, 0.29) is 6.04 Å². The normalized spacial score (nSPS) is 19.5. The number of carboxylic acids is 1. The van der Waals surface area contributed by atoms with Crippen molar-refractivity contribution in [2.45, 2.75) is 38.3 Å². The fourth-order valence-corrected chi connectivity index (χ4v) is 4.53. The van der Waals surface area contributed by atoms with E-state index in [1.807, 2.05) is 36.6 Å². The summed E-state index contributed by atoms with van der Waals surface area (Å²) in [5.41, 5.74) is 0.935. The Labute approximate surface area is 157 Å². The van der Waals surface area contributed by atoms with E-state index in [4.69, 9.17) is 16.3 Å². The minimum absolute atomic E-state index is 0.165. The molecule has 0 spiro atoms. The molecule has 1 aromatic heterocycles. The molecule has 6 heteroatoms. The average Bonchev–Trinajstić information content (AvgIpc) is 3.12. The Morgan fingerprint density at radius 3 is 2.96 bits per heavy atom. The number of benzene rings is 1. The van der Waals surface area contributed by atoms with Crippen LogP contribution < -0.4 is 4.74 Å². The van der Waals surface area contributed by atoms with Crippen LogP contribution in [0.15, 0.2) is 35.7 Å². The number of nitrogens with zero attached hydrogens (tertiary/aromatic N) is 1. The Hall–Kier alpha value is -1.56. The van der Waals surface area contributed by atoms with Gasteiger partial charge < -0.3 is 9.84 Å². The molecule has 3 rings (SSSR count). The Balaban J connectivity index is 2.10. The first kappa shape index (κ1) is 18.2. The molecule has 2 aromatic rings. The summed E-state index contributed by atoms with van der Waals surface area (Å²) in [5.74, 6) is 0.00116.